The van der Waals surface area contributed by atoms with E-state index in [0.29, 0.717) is 19.0 Å². The van der Waals surface area contributed by atoms with Crippen LogP contribution in [0.4, 0.5) is 0 Å². The predicted molar refractivity (Wildman–Crippen MR) is 58.1 cm³/mol. The number of nitrogens with one attached hydrogen (secondary N) is 2. The fourth-order valence-electron chi connectivity index (χ4n) is 0.893. The minimum absolute atomic E-state index is 0.0675. The highest BCUT2D eigenvalue weighted by Crippen LogP contribution is 1.82. The van der Waals surface area contributed by atoms with E-state index in [-0.39, 0.29) is 11.9 Å². The van der Waals surface area contributed by atoms with E-state index in [0.717, 1.165) is 6.42 Å². The minimum Gasteiger partial charge on any atom is -0.370 e. The van der Waals surface area contributed by atoms with Crippen molar-refractivity contribution in [3.63, 3.8) is 0 Å². The summed E-state index contributed by atoms with van der Waals surface area (Å²) >= 11 is 0. The molecule has 0 aromatic heterocycles. The number of carbonyl (C=O) groups excluding carboxylic acids is 1. The van der Waals surface area contributed by atoms with Gasteiger partial charge in [0.05, 0.1) is 0 Å². The summed E-state index contributed by atoms with van der Waals surface area (Å²) in [5, 5.41) is 5.51. The maximum atomic E-state index is 11.3. The summed E-state index contributed by atoms with van der Waals surface area (Å²) < 4.78 is 0. The molecule has 0 fully saturated rings. The maximum absolute atomic E-state index is 11.3. The van der Waals surface area contributed by atoms with Crippen LogP contribution in [-0.4, -0.2) is 31.0 Å². The van der Waals surface area contributed by atoms with Gasteiger partial charge in [0, 0.05) is 13.1 Å². The van der Waals surface area contributed by atoms with Crippen LogP contribution in [-0.2, 0) is 4.79 Å². The van der Waals surface area contributed by atoms with Crippen molar-refractivity contribution in [1.29, 1.82) is 0 Å². The molecule has 0 aliphatic rings. The molecule has 0 bridgehead atoms. The lowest BCUT2D eigenvalue weighted by Gasteiger charge is -2.13. The van der Waals surface area contributed by atoms with Gasteiger partial charge in [-0.1, -0.05) is 6.92 Å². The molecule has 5 nitrogen and oxygen atoms in total. The Labute approximate surface area is 85.2 Å². The molecule has 1 atom stereocenters. The number of nitrogens with two attached hydrogens (primary N) is 1. The van der Waals surface area contributed by atoms with E-state index in [9.17, 15) is 4.79 Å². The van der Waals surface area contributed by atoms with Gasteiger partial charge in [-0.15, -0.1) is 0 Å². The largest absolute Gasteiger partial charge is 0.370 e. The number of guanidine groups is 1. The molecule has 0 spiro atoms. The van der Waals surface area contributed by atoms with Gasteiger partial charge in [-0.3, -0.25) is 9.79 Å². The van der Waals surface area contributed by atoms with Gasteiger partial charge >= 0.3 is 0 Å². The zero-order chi connectivity index (χ0) is 11.0. The first kappa shape index (κ1) is 12.7. The molecule has 5 heteroatoms. The normalized spacial score (nSPS) is 13.5. The molecular weight excluding hydrogens is 180 g/mol. The summed E-state index contributed by atoms with van der Waals surface area (Å²) in [5.41, 5.74) is 5.55. The Hall–Kier alpha value is -1.26. The Kier molecular flexibility index (Phi) is 6.53. The third-order valence-electron chi connectivity index (χ3n) is 1.61. The zero-order valence-electron chi connectivity index (χ0n) is 9.13. The Bertz CT molecular complexity index is 203. The molecule has 0 rings (SSSR count). The van der Waals surface area contributed by atoms with Crippen LogP contribution in [0.2, 0.25) is 0 Å². The van der Waals surface area contributed by atoms with Crippen molar-refractivity contribution in [2.24, 2.45) is 10.7 Å². The third-order valence-corrected chi connectivity index (χ3v) is 1.61. The second-order valence-corrected chi connectivity index (χ2v) is 3.03. The fourth-order valence-corrected chi connectivity index (χ4v) is 0.893. The molecular formula is C9H20N4O. The van der Waals surface area contributed by atoms with Crippen molar-refractivity contribution in [3.8, 4) is 0 Å². The number of aliphatic imine (C=N–C) groups is 1. The van der Waals surface area contributed by atoms with E-state index < -0.39 is 0 Å². The Morgan fingerprint density at radius 3 is 2.64 bits per heavy atom. The lowest BCUT2D eigenvalue weighted by molar-refractivity contribution is -0.122. The third kappa shape index (κ3) is 5.40. The van der Waals surface area contributed by atoms with Crippen LogP contribution in [0.5, 0.6) is 0 Å². The summed E-state index contributed by atoms with van der Waals surface area (Å²) in [4.78, 5) is 15.3. The summed E-state index contributed by atoms with van der Waals surface area (Å²) in [6.07, 6.45) is 0.942. The summed E-state index contributed by atoms with van der Waals surface area (Å²) in [6, 6.07) is -0.337. The first-order valence-electron chi connectivity index (χ1n) is 4.96. The predicted octanol–water partition coefficient (Wildman–Crippen LogP) is -0.175. The van der Waals surface area contributed by atoms with Crippen LogP contribution >= 0.6 is 0 Å². The maximum Gasteiger partial charge on any atom is 0.242 e. The van der Waals surface area contributed by atoms with Gasteiger partial charge in [-0.25, -0.2) is 0 Å². The van der Waals surface area contributed by atoms with E-state index in [1.807, 2.05) is 13.8 Å². The zero-order valence-corrected chi connectivity index (χ0v) is 9.13. The molecule has 82 valence electrons. The first-order valence-corrected chi connectivity index (χ1v) is 4.96. The second kappa shape index (κ2) is 7.17. The van der Waals surface area contributed by atoms with E-state index in [1.165, 1.54) is 0 Å². The molecule has 14 heavy (non-hydrogen) atoms. The summed E-state index contributed by atoms with van der Waals surface area (Å²) in [7, 11) is 0. The van der Waals surface area contributed by atoms with Gasteiger partial charge in [-0.2, -0.15) is 0 Å². The van der Waals surface area contributed by atoms with Crippen LogP contribution in [0.15, 0.2) is 4.99 Å². The molecule has 0 aromatic carbocycles. The highest BCUT2D eigenvalue weighted by molar-refractivity contribution is 5.87. The molecule has 0 aliphatic heterocycles. The van der Waals surface area contributed by atoms with E-state index in [4.69, 9.17) is 5.73 Å². The molecule has 0 radical (unpaired) electrons. The smallest absolute Gasteiger partial charge is 0.242 e. The van der Waals surface area contributed by atoms with Crippen molar-refractivity contribution in [3.05, 3.63) is 0 Å². The average molecular weight is 200 g/mol. The van der Waals surface area contributed by atoms with E-state index in [1.54, 1.807) is 6.92 Å². The number of hydrogen-bond donors (Lipinski definition) is 3. The highest BCUT2D eigenvalue weighted by Gasteiger charge is 2.11. The quantitative estimate of drug-likeness (QED) is 0.425. The molecule has 0 saturated carbocycles. The molecule has 0 aromatic rings. The second-order valence-electron chi connectivity index (χ2n) is 3.03. The van der Waals surface area contributed by atoms with E-state index in [2.05, 4.69) is 15.6 Å². The minimum atomic E-state index is -0.337. The van der Waals surface area contributed by atoms with Crippen LogP contribution in [0.1, 0.15) is 27.2 Å². The highest BCUT2D eigenvalue weighted by atomic mass is 16.2. The average Bonchev–Trinajstić information content (AvgIpc) is 2.15. The molecule has 1 unspecified atom stereocenters. The van der Waals surface area contributed by atoms with Gasteiger partial charge < -0.3 is 16.4 Å². The monoisotopic (exact) mass is 200 g/mol. The van der Waals surface area contributed by atoms with Crippen molar-refractivity contribution in [1.82, 2.24) is 10.6 Å². The van der Waals surface area contributed by atoms with Crippen molar-refractivity contribution in [2.45, 2.75) is 33.2 Å². The molecule has 0 aliphatic carbocycles. The fraction of sp³-hybridized carbons (Fsp3) is 0.778. The lowest BCUT2D eigenvalue weighted by atomic mass is 10.3. The standard InChI is InChI=1S/C9H20N4O/c1-4-6-12-9(10)13-7(3)8(14)11-5-2/h7H,4-6H2,1-3H3,(H,11,14)(H3,10,12,13). The van der Waals surface area contributed by atoms with Crippen molar-refractivity contribution < 1.29 is 4.79 Å². The van der Waals surface area contributed by atoms with E-state index >= 15 is 0 Å². The Morgan fingerprint density at radius 2 is 2.14 bits per heavy atom. The van der Waals surface area contributed by atoms with Gasteiger partial charge in [0.25, 0.3) is 0 Å². The summed E-state index contributed by atoms with van der Waals surface area (Å²) in [5.74, 6) is 0.257. The number of nitrogens with zero attached hydrogens (tertiary/aromatic N) is 1. The van der Waals surface area contributed by atoms with Gasteiger partial charge in [0.1, 0.15) is 6.04 Å². The Balaban J connectivity index is 3.91. The van der Waals surface area contributed by atoms with Crippen molar-refractivity contribution >= 4 is 11.9 Å². The van der Waals surface area contributed by atoms with Gasteiger partial charge in [0.2, 0.25) is 5.91 Å². The molecule has 0 saturated heterocycles. The van der Waals surface area contributed by atoms with Gasteiger partial charge in [-0.05, 0) is 20.3 Å². The number of likely N-dealkylation sites (N-methyl/N-ethyl adjacent to an activating group) is 1. The van der Waals surface area contributed by atoms with Crippen LogP contribution < -0.4 is 16.4 Å². The number of amides is 1. The van der Waals surface area contributed by atoms with Gasteiger partial charge in [0.15, 0.2) is 5.96 Å². The lowest BCUT2D eigenvalue weighted by Crippen LogP contribution is -2.47. The van der Waals surface area contributed by atoms with Crippen LogP contribution in [0, 0.1) is 0 Å². The van der Waals surface area contributed by atoms with Crippen LogP contribution in [0.3, 0.4) is 0 Å². The topological polar surface area (TPSA) is 79.5 Å². The summed E-state index contributed by atoms with van der Waals surface area (Å²) in [6.45, 7) is 6.94. The molecule has 0 heterocycles. The molecule has 4 N–H and O–H groups in total. The van der Waals surface area contributed by atoms with Crippen molar-refractivity contribution in [2.75, 3.05) is 13.1 Å². The Morgan fingerprint density at radius 1 is 1.50 bits per heavy atom. The van der Waals surface area contributed by atoms with Crippen LogP contribution in [0.25, 0.3) is 0 Å². The number of hydrogen-bond acceptors (Lipinski definition) is 2. The molecule has 1 amide bonds. The SMILES string of the molecule is CCCN=C(N)NC(C)C(=O)NCC. The first-order chi connectivity index (χ1) is 6.61. The number of rotatable bonds is 5. The number of carbonyl (C=O) groups is 1.